The van der Waals surface area contributed by atoms with Gasteiger partial charge < -0.3 is 11.1 Å². The number of primary amides is 1. The first-order valence-corrected chi connectivity index (χ1v) is 7.91. The molecule has 0 aliphatic heterocycles. The largest absolute Gasteiger partial charge is 0.416 e. The minimum atomic E-state index is -5.14. The van der Waals surface area contributed by atoms with Gasteiger partial charge in [-0.3, -0.25) is 9.59 Å². The van der Waals surface area contributed by atoms with Crippen LogP contribution >= 0.6 is 0 Å². The average molecular weight is 422 g/mol. The topological polar surface area (TPSA) is 72.2 Å². The molecule has 4 nitrogen and oxygen atoms in total. The first-order valence-electron chi connectivity index (χ1n) is 7.91. The molecular weight excluding hydrogens is 409 g/mol. The van der Waals surface area contributed by atoms with Crippen molar-refractivity contribution in [3.63, 3.8) is 0 Å². The van der Waals surface area contributed by atoms with Crippen LogP contribution in [0.25, 0.3) is 0 Å². The second kappa shape index (κ2) is 8.10. The van der Waals surface area contributed by atoms with Crippen molar-refractivity contribution in [2.24, 2.45) is 5.73 Å². The maximum Gasteiger partial charge on any atom is 0.416 e. The lowest BCUT2D eigenvalue weighted by Gasteiger charge is -2.18. The number of nitrogens with one attached hydrogen (secondary N) is 1. The molecule has 0 bridgehead atoms. The number of hydrogen-bond donors (Lipinski definition) is 2. The van der Waals surface area contributed by atoms with E-state index in [0.717, 1.165) is 12.1 Å². The van der Waals surface area contributed by atoms with Gasteiger partial charge in [0.15, 0.2) is 0 Å². The summed E-state index contributed by atoms with van der Waals surface area (Å²) in [4.78, 5) is 23.8. The quantitative estimate of drug-likeness (QED) is 0.722. The van der Waals surface area contributed by atoms with Crippen molar-refractivity contribution < 1.29 is 40.3 Å². The van der Waals surface area contributed by atoms with Crippen LogP contribution in [0.15, 0.2) is 42.5 Å². The first-order chi connectivity index (χ1) is 13.3. The van der Waals surface area contributed by atoms with Crippen molar-refractivity contribution in [3.05, 3.63) is 70.5 Å². The maximum absolute atomic E-state index is 13.2. The summed E-state index contributed by atoms with van der Waals surface area (Å²) < 4.78 is 90.7. The van der Waals surface area contributed by atoms with E-state index in [1.807, 2.05) is 5.32 Å². The number of carbonyl (C=O) groups excluding carboxylic acids is 2. The SMILES string of the molecule is NC(=O)[C@H](Cc1cccc(F)c1)NC(=O)c1cc(C(F)(F)F)cc(C(F)(F)F)c1. The van der Waals surface area contributed by atoms with Gasteiger partial charge in [0, 0.05) is 12.0 Å². The van der Waals surface area contributed by atoms with E-state index in [-0.39, 0.29) is 30.2 Å². The molecule has 0 radical (unpaired) electrons. The normalized spacial score (nSPS) is 13.1. The van der Waals surface area contributed by atoms with Gasteiger partial charge in [-0.2, -0.15) is 26.3 Å². The van der Waals surface area contributed by atoms with E-state index in [1.165, 1.54) is 12.1 Å². The van der Waals surface area contributed by atoms with E-state index in [0.29, 0.717) is 0 Å². The van der Waals surface area contributed by atoms with Crippen LogP contribution in [0.2, 0.25) is 0 Å². The number of halogens is 7. The summed E-state index contributed by atoms with van der Waals surface area (Å²) in [5.74, 6) is -3.13. The van der Waals surface area contributed by atoms with E-state index in [9.17, 15) is 40.3 Å². The van der Waals surface area contributed by atoms with E-state index in [1.54, 1.807) is 0 Å². The highest BCUT2D eigenvalue weighted by atomic mass is 19.4. The van der Waals surface area contributed by atoms with Gasteiger partial charge in [0.25, 0.3) is 5.91 Å². The Kier molecular flexibility index (Phi) is 6.19. The lowest BCUT2D eigenvalue weighted by atomic mass is 10.0. The number of rotatable bonds is 5. The zero-order valence-corrected chi connectivity index (χ0v) is 14.4. The Morgan fingerprint density at radius 3 is 1.93 bits per heavy atom. The Balaban J connectivity index is 2.35. The molecule has 0 fully saturated rings. The van der Waals surface area contributed by atoms with Crippen molar-refractivity contribution in [2.45, 2.75) is 24.8 Å². The van der Waals surface area contributed by atoms with Crippen LogP contribution in [0.1, 0.15) is 27.0 Å². The molecule has 29 heavy (non-hydrogen) atoms. The van der Waals surface area contributed by atoms with Crippen LogP contribution in [0.5, 0.6) is 0 Å². The monoisotopic (exact) mass is 422 g/mol. The Bertz CT molecular complexity index is 891. The minimum absolute atomic E-state index is 0.130. The maximum atomic E-state index is 13.2. The van der Waals surface area contributed by atoms with Gasteiger partial charge in [-0.05, 0) is 35.9 Å². The summed E-state index contributed by atoms with van der Waals surface area (Å²) in [6.07, 6.45) is -10.6. The number of hydrogen-bond acceptors (Lipinski definition) is 2. The molecule has 2 rings (SSSR count). The third-order valence-electron chi connectivity index (χ3n) is 3.83. The lowest BCUT2D eigenvalue weighted by molar-refractivity contribution is -0.143. The van der Waals surface area contributed by atoms with Crippen molar-refractivity contribution in [3.8, 4) is 0 Å². The third-order valence-corrected chi connectivity index (χ3v) is 3.83. The van der Waals surface area contributed by atoms with Crippen LogP contribution in [0.3, 0.4) is 0 Å². The first kappa shape index (κ1) is 22.2. The molecule has 156 valence electrons. The number of alkyl halides is 6. The van der Waals surface area contributed by atoms with Gasteiger partial charge in [-0.1, -0.05) is 12.1 Å². The molecule has 2 amide bonds. The number of nitrogens with two attached hydrogens (primary N) is 1. The predicted molar refractivity (Wildman–Crippen MR) is 87.0 cm³/mol. The highest BCUT2D eigenvalue weighted by Crippen LogP contribution is 2.36. The van der Waals surface area contributed by atoms with Crippen molar-refractivity contribution in [1.29, 1.82) is 0 Å². The molecule has 0 saturated carbocycles. The van der Waals surface area contributed by atoms with Crippen LogP contribution in [0.4, 0.5) is 30.7 Å². The molecule has 0 aliphatic rings. The second-order valence-electron chi connectivity index (χ2n) is 6.06. The van der Waals surface area contributed by atoms with Crippen molar-refractivity contribution >= 4 is 11.8 Å². The molecule has 0 heterocycles. The Hall–Kier alpha value is -3.11. The van der Waals surface area contributed by atoms with Gasteiger partial charge >= 0.3 is 12.4 Å². The average Bonchev–Trinajstić information content (AvgIpc) is 2.59. The zero-order chi connectivity index (χ0) is 22.0. The molecule has 0 aliphatic carbocycles. The van der Waals surface area contributed by atoms with Crippen LogP contribution in [0, 0.1) is 5.82 Å². The lowest BCUT2D eigenvalue weighted by Crippen LogP contribution is -2.46. The smallest absolute Gasteiger partial charge is 0.368 e. The fourth-order valence-corrected chi connectivity index (χ4v) is 2.45. The van der Waals surface area contributed by atoms with Crippen LogP contribution in [-0.2, 0) is 23.6 Å². The molecule has 0 saturated heterocycles. The summed E-state index contributed by atoms with van der Waals surface area (Å²) in [5.41, 5.74) is 1.05. The molecular formula is C18H13F7N2O2. The molecule has 1 atom stereocenters. The molecule has 2 aromatic rings. The van der Waals surface area contributed by atoms with Gasteiger partial charge in [-0.15, -0.1) is 0 Å². The van der Waals surface area contributed by atoms with Crippen molar-refractivity contribution in [1.82, 2.24) is 5.32 Å². The highest BCUT2D eigenvalue weighted by molar-refractivity contribution is 5.97. The fourth-order valence-electron chi connectivity index (χ4n) is 2.45. The van der Waals surface area contributed by atoms with Crippen LogP contribution in [-0.4, -0.2) is 17.9 Å². The molecule has 0 unspecified atom stereocenters. The van der Waals surface area contributed by atoms with E-state index in [4.69, 9.17) is 5.73 Å². The fraction of sp³-hybridized carbons (Fsp3) is 0.222. The second-order valence-corrected chi connectivity index (χ2v) is 6.06. The zero-order valence-electron chi connectivity index (χ0n) is 14.4. The summed E-state index contributed by atoms with van der Waals surface area (Å²) in [6, 6.07) is 3.69. The third kappa shape index (κ3) is 5.93. The Morgan fingerprint density at radius 2 is 1.48 bits per heavy atom. The van der Waals surface area contributed by atoms with Crippen molar-refractivity contribution in [2.75, 3.05) is 0 Å². The van der Waals surface area contributed by atoms with Gasteiger partial charge in [0.05, 0.1) is 11.1 Å². The van der Waals surface area contributed by atoms with Gasteiger partial charge in [0.2, 0.25) is 5.91 Å². The van der Waals surface area contributed by atoms with Gasteiger partial charge in [0.1, 0.15) is 11.9 Å². The molecule has 0 aromatic heterocycles. The number of amides is 2. The summed E-state index contributed by atoms with van der Waals surface area (Å²) in [5, 5.41) is 1.99. The number of carbonyl (C=O) groups is 2. The van der Waals surface area contributed by atoms with E-state index < -0.39 is 52.7 Å². The predicted octanol–water partition coefficient (Wildman–Crippen LogP) is 3.69. The molecule has 11 heteroatoms. The molecule has 3 N–H and O–H groups in total. The molecule has 0 spiro atoms. The van der Waals surface area contributed by atoms with Crippen LogP contribution < -0.4 is 11.1 Å². The number of benzene rings is 2. The summed E-state index contributed by atoms with van der Waals surface area (Å²) >= 11 is 0. The molecule has 2 aromatic carbocycles. The Morgan fingerprint density at radius 1 is 0.931 bits per heavy atom. The van der Waals surface area contributed by atoms with Gasteiger partial charge in [-0.25, -0.2) is 4.39 Å². The Labute approximate surface area is 159 Å². The van der Waals surface area contributed by atoms with E-state index in [2.05, 4.69) is 0 Å². The van der Waals surface area contributed by atoms with E-state index >= 15 is 0 Å². The minimum Gasteiger partial charge on any atom is -0.368 e. The summed E-state index contributed by atoms with van der Waals surface area (Å²) in [7, 11) is 0. The highest BCUT2D eigenvalue weighted by Gasteiger charge is 2.37. The standard InChI is InChI=1S/C18H13F7N2O2/c19-13-3-1-2-9(4-13)5-14(15(26)28)27-16(29)10-6-11(17(20,21)22)8-12(7-10)18(23,24)25/h1-4,6-8,14H,5H2,(H2,26,28)(H,27,29)/t14-/m0/s1. The summed E-state index contributed by atoms with van der Waals surface area (Å²) in [6.45, 7) is 0.